The largest absolute Gasteiger partial charge is 0.480 e. The van der Waals surface area contributed by atoms with Crippen LogP contribution in [0.4, 0.5) is 4.79 Å². The number of urea groups is 1. The summed E-state index contributed by atoms with van der Waals surface area (Å²) in [4.78, 5) is 22.4. The number of hydrogen-bond donors (Lipinski definition) is 3. The summed E-state index contributed by atoms with van der Waals surface area (Å²) in [6.45, 7) is 2.53. The fourth-order valence-corrected chi connectivity index (χ4v) is 2.65. The molecule has 3 N–H and O–H groups in total. The lowest BCUT2D eigenvalue weighted by molar-refractivity contribution is -0.139. The number of hydrogen-bond acceptors (Lipinski definition) is 2. The van der Waals surface area contributed by atoms with Crippen molar-refractivity contribution < 1.29 is 14.7 Å². The Morgan fingerprint density at radius 2 is 2.00 bits per heavy atom. The lowest BCUT2D eigenvalue weighted by atomic mass is 10.0. The second-order valence-corrected chi connectivity index (χ2v) is 5.37. The van der Waals surface area contributed by atoms with Crippen LogP contribution in [0.5, 0.6) is 0 Å². The molecule has 1 saturated carbocycles. The van der Waals surface area contributed by atoms with Gasteiger partial charge in [0.15, 0.2) is 0 Å². The van der Waals surface area contributed by atoms with Gasteiger partial charge in [-0.15, -0.1) is 0 Å². The first kappa shape index (κ1) is 15.8. The molecule has 0 unspecified atom stereocenters. The zero-order chi connectivity index (χ0) is 14.1. The highest BCUT2D eigenvalue weighted by Crippen LogP contribution is 2.28. The molecule has 0 radical (unpaired) electrons. The van der Waals surface area contributed by atoms with Gasteiger partial charge in [0.1, 0.15) is 6.04 Å². The Morgan fingerprint density at radius 1 is 1.32 bits per heavy atom. The Morgan fingerprint density at radius 3 is 2.58 bits per heavy atom. The fraction of sp³-hybridized carbons (Fsp3) is 0.857. The van der Waals surface area contributed by atoms with Crippen LogP contribution in [0, 0.1) is 5.92 Å². The molecule has 5 nitrogen and oxygen atoms in total. The quantitative estimate of drug-likeness (QED) is 0.593. The number of carbonyl (C=O) groups excluding carboxylic acids is 1. The van der Waals surface area contributed by atoms with E-state index in [9.17, 15) is 9.59 Å². The Hall–Kier alpha value is -1.26. The molecule has 2 amide bonds. The molecule has 19 heavy (non-hydrogen) atoms. The first-order chi connectivity index (χ1) is 9.13. The lowest BCUT2D eigenvalue weighted by Crippen LogP contribution is -2.46. The number of carbonyl (C=O) groups is 2. The summed E-state index contributed by atoms with van der Waals surface area (Å²) in [6, 6.07) is -1.15. The predicted octanol–water partition coefficient (Wildman–Crippen LogP) is 2.51. The number of aliphatic carboxylic acids is 1. The number of rotatable bonds is 8. The van der Waals surface area contributed by atoms with Crippen molar-refractivity contribution in [2.24, 2.45) is 5.92 Å². The van der Waals surface area contributed by atoms with Crippen LogP contribution < -0.4 is 10.6 Å². The van der Waals surface area contributed by atoms with E-state index in [1.54, 1.807) is 0 Å². The molecule has 1 rings (SSSR count). The van der Waals surface area contributed by atoms with Gasteiger partial charge in [-0.05, 0) is 25.2 Å². The summed E-state index contributed by atoms with van der Waals surface area (Å²) in [7, 11) is 0. The van der Waals surface area contributed by atoms with Crippen molar-refractivity contribution >= 4 is 12.0 Å². The first-order valence-corrected chi connectivity index (χ1v) is 7.40. The maximum Gasteiger partial charge on any atom is 0.326 e. The Kier molecular flexibility index (Phi) is 7.30. The zero-order valence-electron chi connectivity index (χ0n) is 11.8. The van der Waals surface area contributed by atoms with Gasteiger partial charge in [-0.25, -0.2) is 9.59 Å². The normalized spacial score (nSPS) is 17.1. The molecule has 0 heterocycles. The van der Waals surface area contributed by atoms with Gasteiger partial charge in [0.05, 0.1) is 0 Å². The Bertz CT molecular complexity index is 288. The molecule has 0 aliphatic heterocycles. The van der Waals surface area contributed by atoms with E-state index >= 15 is 0 Å². The summed E-state index contributed by atoms with van der Waals surface area (Å²) < 4.78 is 0. The standard InChI is InChI=1S/C14H26N2O3/c1-2-6-12(13(17)18)16-14(19)15-10-5-9-11-7-3-4-8-11/h11-12H,2-10H2,1H3,(H,17,18)(H2,15,16,19)/t12-/m0/s1. The minimum Gasteiger partial charge on any atom is -0.480 e. The van der Waals surface area contributed by atoms with E-state index in [2.05, 4.69) is 10.6 Å². The molecule has 1 aliphatic rings. The number of carboxylic acid groups (broad SMARTS) is 1. The van der Waals surface area contributed by atoms with Gasteiger partial charge in [0.25, 0.3) is 0 Å². The maximum absolute atomic E-state index is 11.5. The van der Waals surface area contributed by atoms with Crippen LogP contribution >= 0.6 is 0 Å². The summed E-state index contributed by atoms with van der Waals surface area (Å²) >= 11 is 0. The van der Waals surface area contributed by atoms with Crippen LogP contribution in [0.1, 0.15) is 58.3 Å². The van der Waals surface area contributed by atoms with Crippen LogP contribution in [-0.4, -0.2) is 29.7 Å². The molecule has 110 valence electrons. The van der Waals surface area contributed by atoms with Crippen LogP contribution in [0.25, 0.3) is 0 Å². The van der Waals surface area contributed by atoms with Gasteiger partial charge >= 0.3 is 12.0 Å². The maximum atomic E-state index is 11.5. The van der Waals surface area contributed by atoms with Crippen molar-refractivity contribution in [2.75, 3.05) is 6.54 Å². The van der Waals surface area contributed by atoms with Gasteiger partial charge in [-0.1, -0.05) is 39.0 Å². The number of amides is 2. The highest BCUT2D eigenvalue weighted by Gasteiger charge is 2.18. The van der Waals surface area contributed by atoms with Crippen LogP contribution in [0.2, 0.25) is 0 Å². The SMILES string of the molecule is CCC[C@H](NC(=O)NCCCC1CCCC1)C(=O)O. The Labute approximate surface area is 115 Å². The molecule has 0 aromatic heterocycles. The average Bonchev–Trinajstić information content (AvgIpc) is 2.87. The fourth-order valence-electron chi connectivity index (χ4n) is 2.65. The first-order valence-electron chi connectivity index (χ1n) is 7.40. The van der Waals surface area contributed by atoms with Crippen molar-refractivity contribution in [3.8, 4) is 0 Å². The van der Waals surface area contributed by atoms with E-state index in [1.807, 2.05) is 6.92 Å². The molecule has 0 bridgehead atoms. The van der Waals surface area contributed by atoms with E-state index in [0.717, 1.165) is 25.2 Å². The third kappa shape index (κ3) is 6.45. The van der Waals surface area contributed by atoms with Gasteiger partial charge in [-0.3, -0.25) is 0 Å². The zero-order valence-corrected chi connectivity index (χ0v) is 11.8. The Balaban J connectivity index is 2.10. The second-order valence-electron chi connectivity index (χ2n) is 5.37. The molecule has 5 heteroatoms. The predicted molar refractivity (Wildman–Crippen MR) is 74.1 cm³/mol. The minimum absolute atomic E-state index is 0.368. The number of nitrogens with one attached hydrogen (secondary N) is 2. The number of carboxylic acids is 1. The molecule has 0 aromatic rings. The van der Waals surface area contributed by atoms with Crippen molar-refractivity contribution in [3.63, 3.8) is 0 Å². The van der Waals surface area contributed by atoms with Crippen molar-refractivity contribution in [1.29, 1.82) is 0 Å². The molecular weight excluding hydrogens is 244 g/mol. The van der Waals surface area contributed by atoms with Crippen LogP contribution in [0.15, 0.2) is 0 Å². The topological polar surface area (TPSA) is 78.4 Å². The van der Waals surface area contributed by atoms with Gasteiger partial charge in [-0.2, -0.15) is 0 Å². The molecule has 0 spiro atoms. The summed E-state index contributed by atoms with van der Waals surface area (Å²) in [5, 5.41) is 14.2. The minimum atomic E-state index is -0.969. The smallest absolute Gasteiger partial charge is 0.326 e. The van der Waals surface area contributed by atoms with Gasteiger partial charge in [0.2, 0.25) is 0 Å². The van der Waals surface area contributed by atoms with E-state index in [-0.39, 0.29) is 6.03 Å². The average molecular weight is 270 g/mol. The third-order valence-electron chi connectivity index (χ3n) is 3.73. The van der Waals surface area contributed by atoms with E-state index in [1.165, 1.54) is 25.7 Å². The highest BCUT2D eigenvalue weighted by molar-refractivity contribution is 5.82. The van der Waals surface area contributed by atoms with E-state index < -0.39 is 12.0 Å². The monoisotopic (exact) mass is 270 g/mol. The molecular formula is C14H26N2O3. The second kappa shape index (κ2) is 8.77. The van der Waals surface area contributed by atoms with Gasteiger partial charge in [0, 0.05) is 6.54 Å². The molecule has 1 aliphatic carbocycles. The van der Waals surface area contributed by atoms with Crippen LogP contribution in [0.3, 0.4) is 0 Å². The van der Waals surface area contributed by atoms with Gasteiger partial charge < -0.3 is 15.7 Å². The van der Waals surface area contributed by atoms with Crippen molar-refractivity contribution in [1.82, 2.24) is 10.6 Å². The van der Waals surface area contributed by atoms with E-state index in [0.29, 0.717) is 13.0 Å². The van der Waals surface area contributed by atoms with E-state index in [4.69, 9.17) is 5.11 Å². The molecule has 1 fully saturated rings. The van der Waals surface area contributed by atoms with Crippen molar-refractivity contribution in [3.05, 3.63) is 0 Å². The van der Waals surface area contributed by atoms with Crippen molar-refractivity contribution in [2.45, 2.75) is 64.3 Å². The summed E-state index contributed by atoms with van der Waals surface area (Å²) in [6.07, 6.45) is 8.67. The molecule has 1 atom stereocenters. The summed E-state index contributed by atoms with van der Waals surface area (Å²) in [5.41, 5.74) is 0. The lowest BCUT2D eigenvalue weighted by Gasteiger charge is -2.14. The highest BCUT2D eigenvalue weighted by atomic mass is 16.4. The summed E-state index contributed by atoms with van der Waals surface area (Å²) in [5.74, 6) is -0.139. The van der Waals surface area contributed by atoms with Crippen LogP contribution in [-0.2, 0) is 4.79 Å². The molecule has 0 saturated heterocycles. The molecule has 0 aromatic carbocycles. The third-order valence-corrected chi connectivity index (χ3v) is 3.73.